The third-order valence-electron chi connectivity index (χ3n) is 3.41. The van der Waals surface area contributed by atoms with Gasteiger partial charge in [-0.05, 0) is 35.5 Å². The number of halogens is 1. The highest BCUT2D eigenvalue weighted by atomic mass is 79.9. The molecule has 1 unspecified atom stereocenters. The van der Waals surface area contributed by atoms with E-state index in [-0.39, 0.29) is 5.91 Å². The van der Waals surface area contributed by atoms with E-state index >= 15 is 0 Å². The zero-order chi connectivity index (χ0) is 13.1. The molecule has 0 bridgehead atoms. The standard InChI is InChI=1S/C13H18BrN3O/c1-3-16-4-5-17(9-10(16)2)13(18)11-6-12(14)8-15-7-11/h6-8,10H,3-5,9H2,1-2H3. The van der Waals surface area contributed by atoms with Crippen molar-refractivity contribution in [2.24, 2.45) is 0 Å². The number of aromatic nitrogens is 1. The van der Waals surface area contributed by atoms with E-state index in [0.717, 1.165) is 30.7 Å². The van der Waals surface area contributed by atoms with Gasteiger partial charge in [-0.2, -0.15) is 0 Å². The Balaban J connectivity index is 2.07. The fraction of sp³-hybridized carbons (Fsp3) is 0.538. The summed E-state index contributed by atoms with van der Waals surface area (Å²) in [6, 6.07) is 2.25. The van der Waals surface area contributed by atoms with Gasteiger partial charge >= 0.3 is 0 Å². The van der Waals surface area contributed by atoms with E-state index < -0.39 is 0 Å². The zero-order valence-electron chi connectivity index (χ0n) is 10.8. The lowest BCUT2D eigenvalue weighted by molar-refractivity contribution is 0.0528. The van der Waals surface area contributed by atoms with E-state index in [4.69, 9.17) is 0 Å². The molecule has 0 radical (unpaired) electrons. The van der Waals surface area contributed by atoms with Gasteiger partial charge in [0.05, 0.1) is 5.56 Å². The molecule has 1 aromatic heterocycles. The quantitative estimate of drug-likeness (QED) is 0.838. The summed E-state index contributed by atoms with van der Waals surface area (Å²) in [7, 11) is 0. The lowest BCUT2D eigenvalue weighted by Crippen LogP contribution is -2.53. The van der Waals surface area contributed by atoms with Crippen molar-refractivity contribution in [1.29, 1.82) is 0 Å². The van der Waals surface area contributed by atoms with Crippen LogP contribution in [0.1, 0.15) is 24.2 Å². The van der Waals surface area contributed by atoms with E-state index in [0.29, 0.717) is 11.6 Å². The number of rotatable bonds is 2. The lowest BCUT2D eigenvalue weighted by atomic mass is 10.1. The molecule has 0 aliphatic carbocycles. The van der Waals surface area contributed by atoms with Gasteiger partial charge in [-0.25, -0.2) is 0 Å². The highest BCUT2D eigenvalue weighted by molar-refractivity contribution is 9.10. The number of nitrogens with zero attached hydrogens (tertiary/aromatic N) is 3. The van der Waals surface area contributed by atoms with Gasteiger partial charge in [-0.1, -0.05) is 6.92 Å². The number of carbonyl (C=O) groups excluding carboxylic acids is 1. The Morgan fingerprint density at radius 2 is 2.28 bits per heavy atom. The first-order chi connectivity index (χ1) is 8.61. The van der Waals surface area contributed by atoms with Crippen LogP contribution in [0.15, 0.2) is 22.9 Å². The van der Waals surface area contributed by atoms with Crippen molar-refractivity contribution in [3.8, 4) is 0 Å². The summed E-state index contributed by atoms with van der Waals surface area (Å²) in [5, 5.41) is 0. The average molecular weight is 312 g/mol. The molecule has 1 fully saturated rings. The predicted molar refractivity (Wildman–Crippen MR) is 74.5 cm³/mol. The summed E-state index contributed by atoms with van der Waals surface area (Å²) in [6.07, 6.45) is 3.32. The van der Waals surface area contributed by atoms with Crippen molar-refractivity contribution in [1.82, 2.24) is 14.8 Å². The smallest absolute Gasteiger partial charge is 0.255 e. The molecule has 1 aliphatic heterocycles. The van der Waals surface area contributed by atoms with Crippen LogP contribution < -0.4 is 0 Å². The van der Waals surface area contributed by atoms with Crippen molar-refractivity contribution in [3.05, 3.63) is 28.5 Å². The summed E-state index contributed by atoms with van der Waals surface area (Å²) in [5.41, 5.74) is 0.654. The first kappa shape index (κ1) is 13.5. The molecule has 4 nitrogen and oxygen atoms in total. The normalized spacial score (nSPS) is 21.1. The highest BCUT2D eigenvalue weighted by Crippen LogP contribution is 2.15. The minimum atomic E-state index is 0.0754. The Morgan fingerprint density at radius 3 is 2.89 bits per heavy atom. The molecular formula is C13H18BrN3O. The number of hydrogen-bond acceptors (Lipinski definition) is 3. The molecule has 98 valence electrons. The van der Waals surface area contributed by atoms with Gasteiger partial charge in [-0.15, -0.1) is 0 Å². The second-order valence-corrected chi connectivity index (χ2v) is 5.54. The molecule has 0 spiro atoms. The molecule has 2 heterocycles. The number of pyridine rings is 1. The second kappa shape index (κ2) is 5.80. The third-order valence-corrected chi connectivity index (χ3v) is 3.84. The summed E-state index contributed by atoms with van der Waals surface area (Å²) in [5.74, 6) is 0.0754. The van der Waals surface area contributed by atoms with Crippen LogP contribution in [-0.2, 0) is 0 Å². The van der Waals surface area contributed by atoms with Crippen molar-refractivity contribution >= 4 is 21.8 Å². The topological polar surface area (TPSA) is 36.4 Å². The minimum Gasteiger partial charge on any atom is -0.336 e. The van der Waals surface area contributed by atoms with Crippen molar-refractivity contribution in [2.75, 3.05) is 26.2 Å². The average Bonchev–Trinajstić information content (AvgIpc) is 2.37. The van der Waals surface area contributed by atoms with Crippen LogP contribution in [0, 0.1) is 0 Å². The van der Waals surface area contributed by atoms with Crippen molar-refractivity contribution < 1.29 is 4.79 Å². The molecule has 1 saturated heterocycles. The zero-order valence-corrected chi connectivity index (χ0v) is 12.4. The van der Waals surface area contributed by atoms with Crippen LogP contribution in [0.5, 0.6) is 0 Å². The molecule has 5 heteroatoms. The Kier molecular flexibility index (Phi) is 4.35. The summed E-state index contributed by atoms with van der Waals surface area (Å²) in [6.45, 7) is 7.91. The summed E-state index contributed by atoms with van der Waals surface area (Å²) >= 11 is 3.35. The maximum atomic E-state index is 12.3. The van der Waals surface area contributed by atoms with E-state index in [2.05, 4.69) is 39.7 Å². The largest absolute Gasteiger partial charge is 0.336 e. The third kappa shape index (κ3) is 2.90. The molecular weight excluding hydrogens is 294 g/mol. The molecule has 1 atom stereocenters. The van der Waals surface area contributed by atoms with E-state index in [9.17, 15) is 4.79 Å². The van der Waals surface area contributed by atoms with Crippen LogP contribution in [0.3, 0.4) is 0 Å². The molecule has 1 aliphatic rings. The fourth-order valence-corrected chi connectivity index (χ4v) is 2.73. The Labute approximate surface area is 116 Å². The fourth-order valence-electron chi connectivity index (χ4n) is 2.36. The molecule has 1 amide bonds. The molecule has 2 rings (SSSR count). The minimum absolute atomic E-state index is 0.0754. The molecule has 1 aromatic rings. The van der Waals surface area contributed by atoms with E-state index in [1.807, 2.05) is 11.0 Å². The van der Waals surface area contributed by atoms with E-state index in [1.165, 1.54) is 0 Å². The lowest BCUT2D eigenvalue weighted by Gasteiger charge is -2.39. The predicted octanol–water partition coefficient (Wildman–Crippen LogP) is 2.01. The van der Waals surface area contributed by atoms with Gasteiger partial charge in [0.2, 0.25) is 0 Å². The van der Waals surface area contributed by atoms with Gasteiger partial charge < -0.3 is 4.90 Å². The van der Waals surface area contributed by atoms with Crippen molar-refractivity contribution in [2.45, 2.75) is 19.9 Å². The van der Waals surface area contributed by atoms with Gasteiger partial charge in [0.1, 0.15) is 0 Å². The van der Waals surface area contributed by atoms with Crippen LogP contribution in [0.2, 0.25) is 0 Å². The number of amides is 1. The maximum absolute atomic E-state index is 12.3. The van der Waals surface area contributed by atoms with Crippen LogP contribution in [0.4, 0.5) is 0 Å². The number of piperazine rings is 1. The first-order valence-electron chi connectivity index (χ1n) is 6.25. The molecule has 0 aromatic carbocycles. The van der Waals surface area contributed by atoms with Crippen LogP contribution in [0.25, 0.3) is 0 Å². The Bertz CT molecular complexity index is 438. The molecule has 0 saturated carbocycles. The maximum Gasteiger partial charge on any atom is 0.255 e. The first-order valence-corrected chi connectivity index (χ1v) is 7.05. The summed E-state index contributed by atoms with van der Waals surface area (Å²) in [4.78, 5) is 20.7. The Morgan fingerprint density at radius 1 is 1.50 bits per heavy atom. The number of carbonyl (C=O) groups is 1. The van der Waals surface area contributed by atoms with Crippen LogP contribution >= 0.6 is 15.9 Å². The van der Waals surface area contributed by atoms with Gasteiger partial charge in [0, 0.05) is 42.5 Å². The molecule has 0 N–H and O–H groups in total. The monoisotopic (exact) mass is 311 g/mol. The van der Waals surface area contributed by atoms with Crippen LogP contribution in [-0.4, -0.2) is 52.9 Å². The van der Waals surface area contributed by atoms with Gasteiger partial charge in [0.15, 0.2) is 0 Å². The number of hydrogen-bond donors (Lipinski definition) is 0. The second-order valence-electron chi connectivity index (χ2n) is 4.62. The number of likely N-dealkylation sites (N-methyl/N-ethyl adjacent to an activating group) is 1. The van der Waals surface area contributed by atoms with Gasteiger partial charge in [-0.3, -0.25) is 14.7 Å². The highest BCUT2D eigenvalue weighted by Gasteiger charge is 2.26. The van der Waals surface area contributed by atoms with Gasteiger partial charge in [0.25, 0.3) is 5.91 Å². The SMILES string of the molecule is CCN1CCN(C(=O)c2cncc(Br)c2)CC1C. The van der Waals surface area contributed by atoms with E-state index in [1.54, 1.807) is 12.4 Å². The summed E-state index contributed by atoms with van der Waals surface area (Å²) < 4.78 is 0.841. The molecule has 18 heavy (non-hydrogen) atoms. The Hall–Kier alpha value is -0.940. The van der Waals surface area contributed by atoms with Crippen molar-refractivity contribution in [3.63, 3.8) is 0 Å².